The zero-order chi connectivity index (χ0) is 14.9. The van der Waals surface area contributed by atoms with Gasteiger partial charge in [-0.15, -0.1) is 22.7 Å². The Balaban J connectivity index is 1.45. The van der Waals surface area contributed by atoms with E-state index in [0.717, 1.165) is 26.1 Å². The molecule has 0 saturated carbocycles. The SMILES string of the molecule is Cc1ccc(CN2CCc3nc(N4CCCCC4)sc3C2)s1. The fourth-order valence-electron chi connectivity index (χ4n) is 3.38. The molecule has 0 atom stereocenters. The summed E-state index contributed by atoms with van der Waals surface area (Å²) in [5.41, 5.74) is 1.36. The summed E-state index contributed by atoms with van der Waals surface area (Å²) in [6.07, 6.45) is 5.15. The number of nitrogens with zero attached hydrogens (tertiary/aromatic N) is 3. The molecule has 0 aromatic carbocycles. The lowest BCUT2D eigenvalue weighted by Gasteiger charge is -2.25. The van der Waals surface area contributed by atoms with Gasteiger partial charge in [0.25, 0.3) is 0 Å². The largest absolute Gasteiger partial charge is 0.348 e. The summed E-state index contributed by atoms with van der Waals surface area (Å²) in [6, 6.07) is 4.51. The van der Waals surface area contributed by atoms with Crippen LogP contribution in [0.4, 0.5) is 5.13 Å². The number of fused-ring (bicyclic) bond motifs is 1. The van der Waals surface area contributed by atoms with Crippen LogP contribution in [0.15, 0.2) is 12.1 Å². The summed E-state index contributed by atoms with van der Waals surface area (Å²) in [5.74, 6) is 0. The third-order valence-electron chi connectivity index (χ3n) is 4.60. The molecule has 2 aromatic rings. The fourth-order valence-corrected chi connectivity index (χ4v) is 5.51. The van der Waals surface area contributed by atoms with E-state index in [2.05, 4.69) is 28.9 Å². The highest BCUT2D eigenvalue weighted by Gasteiger charge is 2.23. The number of thiazole rings is 1. The second kappa shape index (κ2) is 6.30. The predicted molar refractivity (Wildman–Crippen MR) is 95.1 cm³/mol. The Bertz CT molecular complexity index is 640. The van der Waals surface area contributed by atoms with Crippen LogP contribution in [0.2, 0.25) is 0 Å². The van der Waals surface area contributed by atoms with E-state index in [-0.39, 0.29) is 0 Å². The van der Waals surface area contributed by atoms with Gasteiger partial charge in [-0.25, -0.2) is 4.98 Å². The molecule has 0 N–H and O–H groups in total. The maximum Gasteiger partial charge on any atom is 0.185 e. The van der Waals surface area contributed by atoms with Gasteiger partial charge in [-0.05, 0) is 38.3 Å². The highest BCUT2D eigenvalue weighted by atomic mass is 32.1. The Morgan fingerprint density at radius 3 is 2.73 bits per heavy atom. The quantitative estimate of drug-likeness (QED) is 0.844. The molecule has 0 bridgehead atoms. The van der Waals surface area contributed by atoms with Crippen LogP contribution < -0.4 is 4.90 Å². The number of rotatable bonds is 3. The summed E-state index contributed by atoms with van der Waals surface area (Å²) in [6.45, 7) is 7.91. The minimum absolute atomic E-state index is 1.08. The topological polar surface area (TPSA) is 19.4 Å². The van der Waals surface area contributed by atoms with E-state index in [9.17, 15) is 0 Å². The zero-order valence-electron chi connectivity index (χ0n) is 13.2. The Hall–Kier alpha value is -0.910. The van der Waals surface area contributed by atoms with Crippen molar-refractivity contribution in [2.24, 2.45) is 0 Å². The molecular formula is C17H23N3S2. The van der Waals surface area contributed by atoms with Crippen LogP contribution in [0, 0.1) is 6.92 Å². The number of piperidine rings is 1. The third kappa shape index (κ3) is 3.07. The Labute approximate surface area is 140 Å². The monoisotopic (exact) mass is 333 g/mol. The van der Waals surface area contributed by atoms with Crippen molar-refractivity contribution in [2.45, 2.75) is 45.7 Å². The fraction of sp³-hybridized carbons (Fsp3) is 0.588. The van der Waals surface area contributed by atoms with Crippen molar-refractivity contribution in [3.8, 4) is 0 Å². The van der Waals surface area contributed by atoms with Crippen molar-refractivity contribution in [3.63, 3.8) is 0 Å². The predicted octanol–water partition coefficient (Wildman–Crippen LogP) is 4.06. The first-order chi connectivity index (χ1) is 10.8. The number of hydrogen-bond donors (Lipinski definition) is 0. The molecule has 1 saturated heterocycles. The van der Waals surface area contributed by atoms with Crippen LogP contribution in [0.3, 0.4) is 0 Å². The molecule has 3 nitrogen and oxygen atoms in total. The number of anilines is 1. The minimum atomic E-state index is 1.08. The molecule has 118 valence electrons. The minimum Gasteiger partial charge on any atom is -0.348 e. The van der Waals surface area contributed by atoms with Crippen molar-refractivity contribution in [1.29, 1.82) is 0 Å². The van der Waals surface area contributed by atoms with Gasteiger partial charge < -0.3 is 4.90 Å². The highest BCUT2D eigenvalue weighted by Crippen LogP contribution is 2.32. The highest BCUT2D eigenvalue weighted by molar-refractivity contribution is 7.15. The molecule has 4 heterocycles. The van der Waals surface area contributed by atoms with E-state index in [4.69, 9.17) is 4.98 Å². The smallest absolute Gasteiger partial charge is 0.185 e. The van der Waals surface area contributed by atoms with Gasteiger partial charge in [0.15, 0.2) is 5.13 Å². The molecule has 4 rings (SSSR count). The van der Waals surface area contributed by atoms with Crippen molar-refractivity contribution in [1.82, 2.24) is 9.88 Å². The molecule has 0 amide bonds. The van der Waals surface area contributed by atoms with Crippen molar-refractivity contribution in [2.75, 3.05) is 24.5 Å². The summed E-state index contributed by atoms with van der Waals surface area (Å²) in [5, 5.41) is 1.28. The number of aromatic nitrogens is 1. The molecule has 2 aromatic heterocycles. The molecule has 2 aliphatic heterocycles. The van der Waals surface area contributed by atoms with Gasteiger partial charge >= 0.3 is 0 Å². The average molecular weight is 334 g/mol. The molecule has 2 aliphatic rings. The number of aryl methyl sites for hydroxylation is 1. The molecule has 0 radical (unpaired) electrons. The second-order valence-electron chi connectivity index (χ2n) is 6.39. The van der Waals surface area contributed by atoms with E-state index < -0.39 is 0 Å². The summed E-state index contributed by atoms with van der Waals surface area (Å²) in [7, 11) is 0. The van der Waals surface area contributed by atoms with Gasteiger partial charge in [0, 0.05) is 53.8 Å². The standard InChI is InChI=1S/C17H23N3S2/c1-13-5-6-14(21-13)11-19-10-7-15-16(12-19)22-17(18-15)20-8-3-2-4-9-20/h5-6H,2-4,7-12H2,1H3. The summed E-state index contributed by atoms with van der Waals surface area (Å²) < 4.78 is 0. The molecule has 0 aliphatic carbocycles. The van der Waals surface area contributed by atoms with Crippen LogP contribution >= 0.6 is 22.7 Å². The van der Waals surface area contributed by atoms with E-state index in [1.165, 1.54) is 57.8 Å². The Morgan fingerprint density at radius 2 is 1.95 bits per heavy atom. The first kappa shape index (κ1) is 14.7. The van der Waals surface area contributed by atoms with Crippen LogP contribution in [-0.2, 0) is 19.5 Å². The van der Waals surface area contributed by atoms with Crippen molar-refractivity contribution < 1.29 is 0 Å². The van der Waals surface area contributed by atoms with Gasteiger partial charge in [0.05, 0.1) is 5.69 Å². The molecular weight excluding hydrogens is 310 g/mol. The molecule has 1 fully saturated rings. The molecule has 0 unspecified atom stereocenters. The van der Waals surface area contributed by atoms with E-state index in [1.54, 1.807) is 0 Å². The number of hydrogen-bond acceptors (Lipinski definition) is 5. The Kier molecular flexibility index (Phi) is 4.20. The van der Waals surface area contributed by atoms with Gasteiger partial charge in [-0.2, -0.15) is 0 Å². The van der Waals surface area contributed by atoms with Crippen molar-refractivity contribution >= 4 is 27.8 Å². The Morgan fingerprint density at radius 1 is 1.09 bits per heavy atom. The van der Waals surface area contributed by atoms with Crippen LogP contribution in [0.1, 0.15) is 39.6 Å². The van der Waals surface area contributed by atoms with E-state index in [0.29, 0.717) is 0 Å². The second-order valence-corrected chi connectivity index (χ2v) is 8.82. The van der Waals surface area contributed by atoms with Crippen LogP contribution in [0.5, 0.6) is 0 Å². The third-order valence-corrected chi connectivity index (χ3v) is 6.73. The average Bonchev–Trinajstić information content (AvgIpc) is 3.14. The van der Waals surface area contributed by atoms with Crippen LogP contribution in [0.25, 0.3) is 0 Å². The van der Waals surface area contributed by atoms with Gasteiger partial charge in [0.2, 0.25) is 0 Å². The van der Waals surface area contributed by atoms with Gasteiger partial charge in [-0.1, -0.05) is 0 Å². The van der Waals surface area contributed by atoms with Gasteiger partial charge in [0.1, 0.15) is 0 Å². The molecule has 22 heavy (non-hydrogen) atoms. The summed E-state index contributed by atoms with van der Waals surface area (Å²) >= 11 is 3.87. The first-order valence-corrected chi connectivity index (χ1v) is 9.92. The first-order valence-electron chi connectivity index (χ1n) is 8.29. The van der Waals surface area contributed by atoms with Crippen molar-refractivity contribution in [3.05, 3.63) is 32.5 Å². The lowest BCUT2D eigenvalue weighted by molar-refractivity contribution is 0.249. The van der Waals surface area contributed by atoms with E-state index in [1.807, 2.05) is 22.7 Å². The lowest BCUT2D eigenvalue weighted by atomic mass is 10.1. The normalized spacial score (nSPS) is 19.4. The lowest BCUT2D eigenvalue weighted by Crippen LogP contribution is -2.29. The molecule has 0 spiro atoms. The van der Waals surface area contributed by atoms with E-state index >= 15 is 0 Å². The summed E-state index contributed by atoms with van der Waals surface area (Å²) in [4.78, 5) is 14.4. The van der Waals surface area contributed by atoms with Crippen LogP contribution in [-0.4, -0.2) is 29.5 Å². The molecule has 5 heteroatoms. The zero-order valence-corrected chi connectivity index (χ0v) is 14.8. The van der Waals surface area contributed by atoms with Gasteiger partial charge in [-0.3, -0.25) is 4.90 Å². The maximum atomic E-state index is 4.94. The number of thiophene rings is 1. The maximum absolute atomic E-state index is 4.94.